The van der Waals surface area contributed by atoms with Gasteiger partial charge in [0, 0.05) is 37.8 Å². The maximum atomic E-state index is 13.6. The van der Waals surface area contributed by atoms with Crippen LogP contribution in [-0.4, -0.2) is 33.9 Å². The molecular formula is C19H15F4N5O. The number of carbonyl (C=O) groups excluding carboxylic acids is 1. The molecule has 0 bridgehead atoms. The van der Waals surface area contributed by atoms with Gasteiger partial charge in [-0.15, -0.1) is 0 Å². The van der Waals surface area contributed by atoms with Crippen molar-refractivity contribution in [2.75, 3.05) is 7.05 Å². The maximum absolute atomic E-state index is 13.6. The summed E-state index contributed by atoms with van der Waals surface area (Å²) < 4.78 is 53.7. The number of benzene rings is 1. The van der Waals surface area contributed by atoms with Crippen LogP contribution in [0.25, 0.3) is 5.69 Å². The molecule has 10 heteroatoms. The number of hydrogen-bond acceptors (Lipinski definition) is 4. The Hall–Kier alpha value is -3.56. The summed E-state index contributed by atoms with van der Waals surface area (Å²) in [6.45, 7) is 0. The van der Waals surface area contributed by atoms with E-state index in [-0.39, 0.29) is 23.2 Å². The first kappa shape index (κ1) is 20.2. The van der Waals surface area contributed by atoms with Crippen LogP contribution in [0.1, 0.15) is 32.9 Å². The fourth-order valence-corrected chi connectivity index (χ4v) is 2.76. The van der Waals surface area contributed by atoms with Gasteiger partial charge in [0.1, 0.15) is 11.5 Å². The zero-order valence-electron chi connectivity index (χ0n) is 15.1. The minimum absolute atomic E-state index is 0.0259. The highest BCUT2D eigenvalue weighted by Gasteiger charge is 2.31. The lowest BCUT2D eigenvalue weighted by Crippen LogP contribution is -2.12. The molecule has 0 saturated heterocycles. The molecular weight excluding hydrogens is 390 g/mol. The van der Waals surface area contributed by atoms with Crippen LogP contribution in [0.5, 0.6) is 0 Å². The standard InChI is InChI=1S/C19H15F4N5O/c1-25-9-17-16(18(24)29)10-28(27-17)15-2-3-26-14(8-15)6-11-4-12(19(21,22)23)7-13(20)5-11/h2-5,7-10H,6H2,1H3,(H2,24,29)/b25-9-. The highest BCUT2D eigenvalue weighted by atomic mass is 19.4. The largest absolute Gasteiger partial charge is 0.416 e. The molecule has 29 heavy (non-hydrogen) atoms. The second-order valence-electron chi connectivity index (χ2n) is 6.15. The minimum atomic E-state index is -4.65. The molecule has 3 rings (SSSR count). The molecule has 2 N–H and O–H groups in total. The summed E-state index contributed by atoms with van der Waals surface area (Å²) >= 11 is 0. The number of rotatable bonds is 5. The number of carbonyl (C=O) groups is 1. The van der Waals surface area contributed by atoms with Gasteiger partial charge in [-0.3, -0.25) is 14.8 Å². The smallest absolute Gasteiger partial charge is 0.365 e. The molecule has 0 aliphatic rings. The van der Waals surface area contributed by atoms with Gasteiger partial charge in [0.05, 0.1) is 16.8 Å². The average Bonchev–Trinajstić information content (AvgIpc) is 3.05. The van der Waals surface area contributed by atoms with Gasteiger partial charge in [-0.2, -0.15) is 18.3 Å². The Morgan fingerprint density at radius 1 is 1.28 bits per heavy atom. The number of nitrogens with zero attached hydrogens (tertiary/aromatic N) is 4. The number of hydrogen-bond donors (Lipinski definition) is 1. The molecule has 0 aliphatic heterocycles. The van der Waals surface area contributed by atoms with Crippen molar-refractivity contribution in [2.45, 2.75) is 12.6 Å². The molecule has 2 heterocycles. The first-order chi connectivity index (χ1) is 13.7. The first-order valence-electron chi connectivity index (χ1n) is 8.31. The number of aliphatic imine (C=N–C) groups is 1. The minimum Gasteiger partial charge on any atom is -0.365 e. The highest BCUT2D eigenvalue weighted by molar-refractivity contribution is 6.00. The molecule has 1 amide bonds. The second kappa shape index (κ2) is 7.82. The lowest BCUT2D eigenvalue weighted by Gasteiger charge is -2.10. The predicted molar refractivity (Wildman–Crippen MR) is 97.6 cm³/mol. The van der Waals surface area contributed by atoms with Gasteiger partial charge < -0.3 is 5.73 Å². The van der Waals surface area contributed by atoms with Crippen LogP contribution >= 0.6 is 0 Å². The van der Waals surface area contributed by atoms with Crippen LogP contribution in [0, 0.1) is 5.82 Å². The summed E-state index contributed by atoms with van der Waals surface area (Å²) in [6.07, 6.45) is -0.439. The third-order valence-electron chi connectivity index (χ3n) is 3.99. The van der Waals surface area contributed by atoms with Gasteiger partial charge in [0.2, 0.25) is 0 Å². The van der Waals surface area contributed by atoms with E-state index in [1.165, 1.54) is 30.3 Å². The van der Waals surface area contributed by atoms with E-state index in [0.717, 1.165) is 12.1 Å². The first-order valence-corrected chi connectivity index (χ1v) is 8.31. The summed E-state index contributed by atoms with van der Waals surface area (Å²) in [5.74, 6) is -1.66. The van der Waals surface area contributed by atoms with Gasteiger partial charge in [-0.25, -0.2) is 9.07 Å². The van der Waals surface area contributed by atoms with Crippen molar-refractivity contribution >= 4 is 12.1 Å². The van der Waals surface area contributed by atoms with Crippen LogP contribution < -0.4 is 5.73 Å². The Bertz CT molecular complexity index is 1090. The van der Waals surface area contributed by atoms with Crippen LogP contribution in [0.15, 0.2) is 47.7 Å². The zero-order chi connectivity index (χ0) is 21.2. The van der Waals surface area contributed by atoms with E-state index in [2.05, 4.69) is 15.1 Å². The molecule has 1 aromatic carbocycles. The van der Waals surface area contributed by atoms with Crippen molar-refractivity contribution in [1.29, 1.82) is 0 Å². The van der Waals surface area contributed by atoms with Gasteiger partial charge in [0.15, 0.2) is 0 Å². The molecule has 0 fully saturated rings. The molecule has 150 valence electrons. The number of nitrogens with two attached hydrogens (primary N) is 1. The molecule has 0 spiro atoms. The van der Waals surface area contributed by atoms with Crippen molar-refractivity contribution in [1.82, 2.24) is 14.8 Å². The molecule has 0 unspecified atom stereocenters. The van der Waals surface area contributed by atoms with E-state index in [0.29, 0.717) is 17.4 Å². The van der Waals surface area contributed by atoms with E-state index < -0.39 is 23.5 Å². The van der Waals surface area contributed by atoms with E-state index >= 15 is 0 Å². The van der Waals surface area contributed by atoms with Gasteiger partial charge in [-0.05, 0) is 35.9 Å². The van der Waals surface area contributed by atoms with E-state index in [4.69, 9.17) is 5.73 Å². The summed E-state index contributed by atoms with van der Waals surface area (Å²) in [7, 11) is 1.52. The summed E-state index contributed by atoms with van der Waals surface area (Å²) in [6, 6.07) is 5.52. The average molecular weight is 405 g/mol. The Morgan fingerprint density at radius 2 is 2.03 bits per heavy atom. The number of primary amides is 1. The monoisotopic (exact) mass is 405 g/mol. The Balaban J connectivity index is 1.94. The van der Waals surface area contributed by atoms with Crippen LogP contribution in [-0.2, 0) is 12.6 Å². The Labute approximate surface area is 162 Å². The molecule has 3 aromatic rings. The lowest BCUT2D eigenvalue weighted by atomic mass is 10.0. The zero-order valence-corrected chi connectivity index (χ0v) is 15.1. The molecule has 6 nitrogen and oxygen atoms in total. The fourth-order valence-electron chi connectivity index (χ4n) is 2.76. The summed E-state index contributed by atoms with van der Waals surface area (Å²) in [4.78, 5) is 19.5. The molecule has 0 aliphatic carbocycles. The maximum Gasteiger partial charge on any atom is 0.416 e. The van der Waals surface area contributed by atoms with Gasteiger partial charge >= 0.3 is 6.18 Å². The van der Waals surface area contributed by atoms with Crippen molar-refractivity contribution in [3.63, 3.8) is 0 Å². The van der Waals surface area contributed by atoms with Crippen molar-refractivity contribution in [3.05, 3.63) is 76.6 Å². The Morgan fingerprint density at radius 3 is 2.69 bits per heavy atom. The fraction of sp³-hybridized carbons (Fsp3) is 0.158. The highest BCUT2D eigenvalue weighted by Crippen LogP contribution is 2.31. The van der Waals surface area contributed by atoms with Crippen molar-refractivity contribution < 1.29 is 22.4 Å². The van der Waals surface area contributed by atoms with Crippen LogP contribution in [0.2, 0.25) is 0 Å². The number of amides is 1. The van der Waals surface area contributed by atoms with Gasteiger partial charge in [-0.1, -0.05) is 0 Å². The predicted octanol–water partition coefficient (Wildman–Crippen LogP) is 3.16. The normalized spacial score (nSPS) is 11.9. The third kappa shape index (κ3) is 4.65. The number of aromatic nitrogens is 3. The summed E-state index contributed by atoms with van der Waals surface area (Å²) in [5.41, 5.74) is 5.73. The topological polar surface area (TPSA) is 86.2 Å². The number of halogens is 4. The van der Waals surface area contributed by atoms with Crippen molar-refractivity contribution in [2.24, 2.45) is 10.7 Å². The molecule has 0 atom stereocenters. The molecule has 2 aromatic heterocycles. The van der Waals surface area contributed by atoms with E-state index in [1.54, 1.807) is 12.1 Å². The number of pyridine rings is 1. The Kier molecular flexibility index (Phi) is 5.44. The van der Waals surface area contributed by atoms with Crippen molar-refractivity contribution in [3.8, 4) is 5.69 Å². The third-order valence-corrected chi connectivity index (χ3v) is 3.99. The molecule has 0 radical (unpaired) electrons. The van der Waals surface area contributed by atoms with Gasteiger partial charge in [0.25, 0.3) is 5.91 Å². The van der Waals surface area contributed by atoms with Crippen LogP contribution in [0.4, 0.5) is 17.6 Å². The quantitative estimate of drug-likeness (QED) is 0.523. The van der Waals surface area contributed by atoms with E-state index in [9.17, 15) is 22.4 Å². The SMILES string of the molecule is C/N=C\c1nn(-c2ccnc(Cc3cc(F)cc(C(F)(F)F)c3)c2)cc1C(N)=O. The molecule has 0 saturated carbocycles. The van der Waals surface area contributed by atoms with Crippen LogP contribution in [0.3, 0.4) is 0 Å². The second-order valence-corrected chi connectivity index (χ2v) is 6.15. The van der Waals surface area contributed by atoms with E-state index in [1.807, 2.05) is 0 Å². The lowest BCUT2D eigenvalue weighted by molar-refractivity contribution is -0.137. The summed E-state index contributed by atoms with van der Waals surface area (Å²) in [5, 5.41) is 4.23. The number of alkyl halides is 3.